The second-order valence-electron chi connectivity index (χ2n) is 4.39. The van der Waals surface area contributed by atoms with Gasteiger partial charge in [-0.25, -0.2) is 9.78 Å². The Morgan fingerprint density at radius 2 is 2.14 bits per heavy atom. The van der Waals surface area contributed by atoms with Crippen molar-refractivity contribution in [3.63, 3.8) is 0 Å². The molecule has 0 aliphatic heterocycles. The molecule has 0 fully saturated rings. The zero-order chi connectivity index (χ0) is 16.1. The lowest BCUT2D eigenvalue weighted by Gasteiger charge is -2.04. The predicted octanol–water partition coefficient (Wildman–Crippen LogP) is 3.63. The van der Waals surface area contributed by atoms with Gasteiger partial charge < -0.3 is 5.11 Å². The molecule has 1 aromatic carbocycles. The highest BCUT2D eigenvalue weighted by Crippen LogP contribution is 2.34. The van der Waals surface area contributed by atoms with E-state index in [-0.39, 0.29) is 11.3 Å². The highest BCUT2D eigenvalue weighted by atomic mass is 32.2. The number of rotatable bonds is 5. The molecular weight excluding hydrogens is 304 g/mol. The predicted molar refractivity (Wildman–Crippen MR) is 82.7 cm³/mol. The van der Waals surface area contributed by atoms with E-state index in [2.05, 4.69) is 4.98 Å². The summed E-state index contributed by atoms with van der Waals surface area (Å²) in [4.78, 5) is 26.1. The number of hydrogen-bond donors (Lipinski definition) is 1. The van der Waals surface area contributed by atoms with E-state index < -0.39 is 10.9 Å². The second-order valence-corrected chi connectivity index (χ2v) is 5.45. The first kappa shape index (κ1) is 15.7. The van der Waals surface area contributed by atoms with Crippen LogP contribution in [0.1, 0.15) is 12.5 Å². The number of nitro groups is 1. The van der Waals surface area contributed by atoms with Gasteiger partial charge in [-0.2, -0.15) is 0 Å². The third-order valence-corrected chi connectivity index (χ3v) is 3.77. The van der Waals surface area contributed by atoms with Crippen LogP contribution in [0, 0.1) is 10.1 Å². The van der Waals surface area contributed by atoms with Crippen molar-refractivity contribution in [1.82, 2.24) is 4.98 Å². The molecule has 0 bridgehead atoms. The van der Waals surface area contributed by atoms with Gasteiger partial charge in [0, 0.05) is 17.8 Å². The molecule has 0 unspecified atom stereocenters. The number of aromatic nitrogens is 1. The summed E-state index contributed by atoms with van der Waals surface area (Å²) >= 11 is 1.19. The van der Waals surface area contributed by atoms with Crippen LogP contribution in [0.4, 0.5) is 5.69 Å². The maximum Gasteiger partial charge on any atom is 0.331 e. The molecule has 0 saturated heterocycles. The van der Waals surface area contributed by atoms with E-state index in [4.69, 9.17) is 5.11 Å². The molecule has 7 heteroatoms. The fourth-order valence-corrected chi connectivity index (χ4v) is 2.54. The van der Waals surface area contributed by atoms with Gasteiger partial charge in [-0.3, -0.25) is 10.1 Å². The quantitative estimate of drug-likeness (QED) is 0.514. The van der Waals surface area contributed by atoms with Crippen molar-refractivity contribution >= 4 is 29.5 Å². The fourth-order valence-electron chi connectivity index (χ4n) is 1.69. The molecule has 1 heterocycles. The van der Waals surface area contributed by atoms with Crippen molar-refractivity contribution in [2.75, 3.05) is 0 Å². The van der Waals surface area contributed by atoms with Crippen LogP contribution >= 0.6 is 11.8 Å². The molecule has 112 valence electrons. The van der Waals surface area contributed by atoms with Crippen LogP contribution in [0.5, 0.6) is 0 Å². The number of nitro benzene ring substituents is 1. The van der Waals surface area contributed by atoms with E-state index in [1.807, 2.05) is 0 Å². The van der Waals surface area contributed by atoms with Crippen molar-refractivity contribution in [3.8, 4) is 0 Å². The van der Waals surface area contributed by atoms with Crippen LogP contribution in [0.25, 0.3) is 6.08 Å². The first-order chi connectivity index (χ1) is 10.5. The second kappa shape index (κ2) is 6.86. The van der Waals surface area contributed by atoms with E-state index in [0.29, 0.717) is 15.5 Å². The molecule has 0 radical (unpaired) electrons. The summed E-state index contributed by atoms with van der Waals surface area (Å²) in [5, 5.41) is 20.7. The summed E-state index contributed by atoms with van der Waals surface area (Å²) in [5.74, 6) is -1.06. The Bertz CT molecular complexity index is 744. The van der Waals surface area contributed by atoms with Gasteiger partial charge in [0.2, 0.25) is 0 Å². The Balaban J connectivity index is 2.38. The van der Waals surface area contributed by atoms with Gasteiger partial charge in [-0.15, -0.1) is 0 Å². The Kier molecular flexibility index (Phi) is 4.90. The average molecular weight is 316 g/mol. The van der Waals surface area contributed by atoms with Crippen LogP contribution < -0.4 is 0 Å². The van der Waals surface area contributed by atoms with Crippen molar-refractivity contribution < 1.29 is 14.8 Å². The zero-order valence-electron chi connectivity index (χ0n) is 11.6. The highest BCUT2D eigenvalue weighted by Gasteiger charge is 2.16. The van der Waals surface area contributed by atoms with Crippen molar-refractivity contribution in [2.24, 2.45) is 0 Å². The lowest BCUT2D eigenvalue weighted by atomic mass is 10.1. The van der Waals surface area contributed by atoms with Gasteiger partial charge in [-0.1, -0.05) is 23.9 Å². The first-order valence-electron chi connectivity index (χ1n) is 6.26. The number of benzene rings is 1. The molecule has 22 heavy (non-hydrogen) atoms. The van der Waals surface area contributed by atoms with Gasteiger partial charge >= 0.3 is 5.97 Å². The smallest absolute Gasteiger partial charge is 0.331 e. The van der Waals surface area contributed by atoms with E-state index in [9.17, 15) is 14.9 Å². The monoisotopic (exact) mass is 316 g/mol. The van der Waals surface area contributed by atoms with E-state index >= 15 is 0 Å². The Hall–Kier alpha value is -2.67. The fraction of sp³-hybridized carbons (Fsp3) is 0.0667. The van der Waals surface area contributed by atoms with Gasteiger partial charge in [0.1, 0.15) is 5.03 Å². The van der Waals surface area contributed by atoms with Gasteiger partial charge in [0.25, 0.3) is 5.69 Å². The van der Waals surface area contributed by atoms with Crippen LogP contribution in [0.2, 0.25) is 0 Å². The summed E-state index contributed by atoms with van der Waals surface area (Å²) in [6.07, 6.45) is 3.01. The largest absolute Gasteiger partial charge is 0.478 e. The van der Waals surface area contributed by atoms with Crippen molar-refractivity contribution in [1.29, 1.82) is 0 Å². The van der Waals surface area contributed by atoms with E-state index in [1.165, 1.54) is 30.8 Å². The van der Waals surface area contributed by atoms with Gasteiger partial charge in [0.05, 0.1) is 9.82 Å². The molecule has 6 nitrogen and oxygen atoms in total. The van der Waals surface area contributed by atoms with E-state index in [0.717, 1.165) is 0 Å². The van der Waals surface area contributed by atoms with Gasteiger partial charge in [-0.05, 0) is 36.8 Å². The lowest BCUT2D eigenvalue weighted by molar-refractivity contribution is -0.387. The number of nitrogens with zero attached hydrogens (tertiary/aromatic N) is 2. The third kappa shape index (κ3) is 3.92. The summed E-state index contributed by atoms with van der Waals surface area (Å²) in [6, 6.07) is 9.92. The summed E-state index contributed by atoms with van der Waals surface area (Å²) in [7, 11) is 0. The molecular formula is C15H12N2O4S. The molecule has 0 spiro atoms. The summed E-state index contributed by atoms with van der Waals surface area (Å²) in [5.41, 5.74) is 0.499. The number of pyridine rings is 1. The molecule has 0 aliphatic rings. The number of carboxylic acids is 1. The molecule has 1 aromatic heterocycles. The lowest BCUT2D eigenvalue weighted by Crippen LogP contribution is -1.96. The normalized spacial score (nSPS) is 11.2. The Labute approximate surface area is 130 Å². The molecule has 0 amide bonds. The minimum absolute atomic E-state index is 0.0809. The van der Waals surface area contributed by atoms with Crippen molar-refractivity contribution in [2.45, 2.75) is 16.8 Å². The molecule has 0 aliphatic carbocycles. The zero-order valence-corrected chi connectivity index (χ0v) is 12.4. The molecule has 1 N–H and O–H groups in total. The maximum absolute atomic E-state index is 11.2. The number of carbonyl (C=O) groups is 1. The van der Waals surface area contributed by atoms with Crippen LogP contribution in [0.15, 0.2) is 58.1 Å². The summed E-state index contributed by atoms with van der Waals surface area (Å²) < 4.78 is 0. The van der Waals surface area contributed by atoms with Crippen LogP contribution in [0.3, 0.4) is 0 Å². The maximum atomic E-state index is 11.2. The average Bonchev–Trinajstić information content (AvgIpc) is 2.49. The highest BCUT2D eigenvalue weighted by molar-refractivity contribution is 7.99. The Morgan fingerprint density at radius 1 is 1.36 bits per heavy atom. The van der Waals surface area contributed by atoms with Crippen molar-refractivity contribution in [3.05, 3.63) is 63.8 Å². The molecule has 2 rings (SSSR count). The minimum atomic E-state index is -1.06. The Morgan fingerprint density at radius 3 is 2.73 bits per heavy atom. The topological polar surface area (TPSA) is 93.3 Å². The number of carboxylic acid groups (broad SMARTS) is 1. The standard InChI is InChI=1S/C15H12N2O4S/c1-10(15(18)19)8-11-5-6-13(12(9-11)17(20)21)22-14-4-2-3-7-16-14/h2-9H,1H3,(H,18,19)/b10-8+. The van der Waals surface area contributed by atoms with E-state index in [1.54, 1.807) is 36.5 Å². The van der Waals surface area contributed by atoms with Gasteiger partial charge in [0.15, 0.2) is 0 Å². The first-order valence-corrected chi connectivity index (χ1v) is 7.08. The number of aliphatic carboxylic acids is 1. The molecule has 0 saturated carbocycles. The third-order valence-electron chi connectivity index (χ3n) is 2.75. The molecule has 0 atom stereocenters. The SMILES string of the molecule is C/C(=C\c1ccc(Sc2ccccn2)c([N+](=O)[O-])c1)C(=O)O. The molecule has 2 aromatic rings. The number of hydrogen-bond acceptors (Lipinski definition) is 5. The van der Waals surface area contributed by atoms with Crippen LogP contribution in [-0.4, -0.2) is 21.0 Å². The summed E-state index contributed by atoms with van der Waals surface area (Å²) in [6.45, 7) is 1.44. The minimum Gasteiger partial charge on any atom is -0.478 e. The van der Waals surface area contributed by atoms with Crippen LogP contribution in [-0.2, 0) is 4.79 Å².